The van der Waals surface area contributed by atoms with Gasteiger partial charge in [0.1, 0.15) is 16.9 Å². The Hall–Kier alpha value is -2.67. The first kappa shape index (κ1) is 23.1. The predicted molar refractivity (Wildman–Crippen MR) is 137 cm³/mol. The molecule has 1 amide bonds. The second kappa shape index (κ2) is 8.52. The summed E-state index contributed by atoms with van der Waals surface area (Å²) in [6.07, 6.45) is 9.62. The monoisotopic (exact) mass is 479 g/mol. The molecule has 6 nitrogen and oxygen atoms in total. The standard InChI is InChI=1S/C27H33N3O3S/c1-15-9-16-10-17(23(15)25(28)31)13-27(2,12-16)33-22-6-5-18(34-4)11-20(22)21-14-30(3)26(32)24-19(21)7-8-29-24/h5-8,11,14-17,23,29H,9-10,12-13H2,1-4H3,(H2,28,31). The van der Waals surface area contributed by atoms with Gasteiger partial charge < -0.3 is 20.0 Å². The predicted octanol–water partition coefficient (Wildman–Crippen LogP) is 4.95. The Balaban J connectivity index is 1.56. The fourth-order valence-corrected chi connectivity index (χ4v) is 7.15. The van der Waals surface area contributed by atoms with Crippen LogP contribution in [0.4, 0.5) is 0 Å². The van der Waals surface area contributed by atoms with Crippen LogP contribution in [0.25, 0.3) is 22.0 Å². The van der Waals surface area contributed by atoms with Gasteiger partial charge in [-0.05, 0) is 80.9 Å². The van der Waals surface area contributed by atoms with Crippen LogP contribution in [-0.4, -0.2) is 27.3 Å². The molecule has 7 heteroatoms. The minimum Gasteiger partial charge on any atom is -0.487 e. The number of thioether (sulfide) groups is 1. The van der Waals surface area contributed by atoms with Crippen LogP contribution < -0.4 is 16.0 Å². The molecule has 34 heavy (non-hydrogen) atoms. The smallest absolute Gasteiger partial charge is 0.274 e. The van der Waals surface area contributed by atoms with Gasteiger partial charge >= 0.3 is 0 Å². The van der Waals surface area contributed by atoms with E-state index in [1.807, 2.05) is 18.5 Å². The zero-order valence-electron chi connectivity index (χ0n) is 20.3. The summed E-state index contributed by atoms with van der Waals surface area (Å²) < 4.78 is 8.48. The highest BCUT2D eigenvalue weighted by atomic mass is 32.2. The molecule has 2 aliphatic rings. The number of fused-ring (bicyclic) bond motifs is 3. The number of benzene rings is 1. The van der Waals surface area contributed by atoms with E-state index in [1.165, 1.54) is 0 Å². The summed E-state index contributed by atoms with van der Waals surface area (Å²) in [6, 6.07) is 8.23. The van der Waals surface area contributed by atoms with Crippen LogP contribution in [0.3, 0.4) is 0 Å². The number of carbonyl (C=O) groups excluding carboxylic acids is 1. The van der Waals surface area contributed by atoms with Gasteiger partial charge in [-0.25, -0.2) is 0 Å². The summed E-state index contributed by atoms with van der Waals surface area (Å²) in [6.45, 7) is 4.35. The number of nitrogens with one attached hydrogen (secondary N) is 1. The Morgan fingerprint density at radius 1 is 1.24 bits per heavy atom. The Labute approximate surface area is 204 Å². The average molecular weight is 480 g/mol. The SMILES string of the molecule is CSc1ccc(OC2(C)CC3CC(C)C(C(N)=O)C(C3)C2)c(-c2cn(C)c(=O)c3[nH]ccc23)c1. The number of aromatic amines is 1. The molecule has 3 aromatic rings. The second-order valence-electron chi connectivity index (χ2n) is 10.6. The summed E-state index contributed by atoms with van der Waals surface area (Å²) in [4.78, 5) is 29.1. The number of carbonyl (C=O) groups is 1. The van der Waals surface area contributed by atoms with Gasteiger partial charge in [-0.15, -0.1) is 11.8 Å². The van der Waals surface area contributed by atoms with E-state index in [-0.39, 0.29) is 28.9 Å². The van der Waals surface area contributed by atoms with E-state index >= 15 is 0 Å². The number of hydrogen-bond acceptors (Lipinski definition) is 4. The summed E-state index contributed by atoms with van der Waals surface area (Å²) in [7, 11) is 1.78. The van der Waals surface area contributed by atoms with Gasteiger partial charge in [0.05, 0.1) is 0 Å². The van der Waals surface area contributed by atoms with Gasteiger partial charge in [-0.3, -0.25) is 9.59 Å². The molecular weight excluding hydrogens is 446 g/mol. The van der Waals surface area contributed by atoms with E-state index in [9.17, 15) is 9.59 Å². The normalized spacial score (nSPS) is 28.7. The third-order valence-electron chi connectivity index (χ3n) is 7.93. The number of primary amides is 1. The molecule has 2 aromatic heterocycles. The highest BCUT2D eigenvalue weighted by Crippen LogP contribution is 2.51. The lowest BCUT2D eigenvalue weighted by Gasteiger charge is -2.50. The van der Waals surface area contributed by atoms with Gasteiger partial charge in [0, 0.05) is 46.8 Å². The number of pyridine rings is 1. The van der Waals surface area contributed by atoms with Crippen molar-refractivity contribution in [2.75, 3.05) is 6.26 Å². The number of amides is 1. The number of ether oxygens (including phenoxy) is 1. The Morgan fingerprint density at radius 3 is 2.76 bits per heavy atom. The van der Waals surface area contributed by atoms with Gasteiger partial charge in [0.2, 0.25) is 5.91 Å². The molecule has 1 aromatic carbocycles. The van der Waals surface area contributed by atoms with E-state index in [0.717, 1.165) is 52.8 Å². The van der Waals surface area contributed by atoms with Gasteiger partial charge in [0.15, 0.2) is 0 Å². The number of aromatic nitrogens is 2. The Bertz CT molecular complexity index is 1310. The van der Waals surface area contributed by atoms with E-state index < -0.39 is 0 Å². The largest absolute Gasteiger partial charge is 0.487 e. The maximum Gasteiger partial charge on any atom is 0.274 e. The lowest BCUT2D eigenvalue weighted by Crippen LogP contribution is -2.50. The summed E-state index contributed by atoms with van der Waals surface area (Å²) in [5, 5.41) is 0.888. The molecule has 0 saturated heterocycles. The van der Waals surface area contributed by atoms with E-state index in [0.29, 0.717) is 17.4 Å². The number of H-pyrrole nitrogens is 1. The first-order valence-corrected chi connectivity index (χ1v) is 13.2. The van der Waals surface area contributed by atoms with Crippen molar-refractivity contribution >= 4 is 28.6 Å². The molecule has 2 fully saturated rings. The lowest BCUT2D eigenvalue weighted by atomic mass is 9.59. The molecule has 0 spiro atoms. The van der Waals surface area contributed by atoms with Crippen molar-refractivity contribution in [2.24, 2.45) is 36.5 Å². The number of nitrogens with two attached hydrogens (primary N) is 1. The van der Waals surface area contributed by atoms with Crippen molar-refractivity contribution in [1.82, 2.24) is 9.55 Å². The summed E-state index contributed by atoms with van der Waals surface area (Å²) in [5.41, 5.74) is 7.93. The fraction of sp³-hybridized carbons (Fsp3) is 0.481. The van der Waals surface area contributed by atoms with Crippen molar-refractivity contribution < 1.29 is 9.53 Å². The number of rotatable bonds is 5. The zero-order valence-corrected chi connectivity index (χ0v) is 21.1. The molecule has 0 aliphatic heterocycles. The highest BCUT2D eigenvalue weighted by molar-refractivity contribution is 7.98. The quantitative estimate of drug-likeness (QED) is 0.507. The highest BCUT2D eigenvalue weighted by Gasteiger charge is 2.48. The second-order valence-corrected chi connectivity index (χ2v) is 11.4. The maximum atomic E-state index is 12.6. The topological polar surface area (TPSA) is 90.1 Å². The van der Waals surface area contributed by atoms with Crippen molar-refractivity contribution in [1.29, 1.82) is 0 Å². The van der Waals surface area contributed by atoms with Gasteiger partial charge in [0.25, 0.3) is 5.56 Å². The first-order chi connectivity index (χ1) is 16.2. The molecule has 180 valence electrons. The summed E-state index contributed by atoms with van der Waals surface area (Å²) in [5.74, 6) is 1.68. The molecule has 2 aliphatic carbocycles. The molecule has 5 unspecified atom stereocenters. The average Bonchev–Trinajstić information content (AvgIpc) is 3.25. The number of hydrogen-bond donors (Lipinski definition) is 2. The minimum absolute atomic E-state index is 0.0501. The van der Waals surface area contributed by atoms with Gasteiger partial charge in [-0.2, -0.15) is 0 Å². The van der Waals surface area contributed by atoms with E-state index in [1.54, 1.807) is 23.4 Å². The van der Waals surface area contributed by atoms with Crippen LogP contribution in [0.1, 0.15) is 39.5 Å². The minimum atomic E-state index is -0.380. The van der Waals surface area contributed by atoms with Crippen molar-refractivity contribution in [3.05, 3.63) is 47.0 Å². The van der Waals surface area contributed by atoms with Crippen LogP contribution in [-0.2, 0) is 11.8 Å². The molecular formula is C27H33N3O3S. The molecule has 3 N–H and O–H groups in total. The van der Waals surface area contributed by atoms with Crippen LogP contribution >= 0.6 is 11.8 Å². The van der Waals surface area contributed by atoms with Crippen molar-refractivity contribution in [3.63, 3.8) is 0 Å². The molecule has 2 heterocycles. The Morgan fingerprint density at radius 2 is 2.03 bits per heavy atom. The third kappa shape index (κ3) is 3.94. The van der Waals surface area contributed by atoms with Crippen molar-refractivity contribution in [2.45, 2.75) is 50.0 Å². The van der Waals surface area contributed by atoms with Crippen LogP contribution in [0.2, 0.25) is 0 Å². The van der Waals surface area contributed by atoms with Crippen LogP contribution in [0.5, 0.6) is 5.75 Å². The number of aryl methyl sites for hydroxylation is 1. The molecule has 2 bridgehead atoms. The van der Waals surface area contributed by atoms with E-state index in [2.05, 4.69) is 43.3 Å². The molecule has 5 rings (SSSR count). The zero-order chi connectivity index (χ0) is 24.2. The van der Waals surface area contributed by atoms with Gasteiger partial charge in [-0.1, -0.05) is 6.92 Å². The fourth-order valence-electron chi connectivity index (χ4n) is 6.71. The first-order valence-electron chi connectivity index (χ1n) is 12.0. The van der Waals surface area contributed by atoms with Crippen molar-refractivity contribution in [3.8, 4) is 16.9 Å². The third-order valence-corrected chi connectivity index (χ3v) is 8.66. The lowest BCUT2D eigenvalue weighted by molar-refractivity contribution is -0.132. The van der Waals surface area contributed by atoms with Crippen LogP contribution in [0, 0.1) is 23.7 Å². The summed E-state index contributed by atoms with van der Waals surface area (Å²) >= 11 is 1.68. The molecule has 5 atom stereocenters. The number of nitrogens with zero attached hydrogens (tertiary/aromatic N) is 1. The molecule has 2 saturated carbocycles. The molecule has 0 radical (unpaired) electrons. The van der Waals surface area contributed by atoms with Crippen LogP contribution in [0.15, 0.2) is 46.3 Å². The van der Waals surface area contributed by atoms with E-state index in [4.69, 9.17) is 10.5 Å². The maximum absolute atomic E-state index is 12.6. The Kier molecular flexibility index (Phi) is 5.79.